The van der Waals surface area contributed by atoms with E-state index in [1.807, 2.05) is 0 Å². The molecular weight excluding hydrogens is 328 g/mol. The maximum atomic E-state index is 13.9. The van der Waals surface area contributed by atoms with Crippen molar-refractivity contribution in [2.45, 2.75) is 0 Å². The molecule has 1 nitrogen and oxygen atoms in total. The van der Waals surface area contributed by atoms with E-state index < -0.39 is 5.82 Å². The Labute approximate surface area is 116 Å². The van der Waals surface area contributed by atoms with Crippen LogP contribution in [0.25, 0.3) is 11.1 Å². The number of halogens is 4. The molecule has 0 aliphatic carbocycles. The highest BCUT2D eigenvalue weighted by atomic mass is 79.9. The summed E-state index contributed by atoms with van der Waals surface area (Å²) in [7, 11) is 0. The number of anilines is 1. The number of hydrogen-bond donors (Lipinski definition) is 1. The quantitative estimate of drug-likeness (QED) is 0.566. The fourth-order valence-electron chi connectivity index (χ4n) is 1.46. The first-order valence-corrected chi connectivity index (χ1v) is 6.24. The minimum absolute atomic E-state index is 0.0519. The van der Waals surface area contributed by atoms with Crippen molar-refractivity contribution in [3.8, 4) is 11.1 Å². The van der Waals surface area contributed by atoms with Crippen LogP contribution in [0.2, 0.25) is 10.0 Å². The fraction of sp³-hybridized carbons (Fsp3) is 0. The summed E-state index contributed by atoms with van der Waals surface area (Å²) in [5.74, 6) is -0.484. The second-order valence-electron chi connectivity index (χ2n) is 3.46. The van der Waals surface area contributed by atoms with Crippen LogP contribution in [0.5, 0.6) is 0 Å². The fourth-order valence-corrected chi connectivity index (χ4v) is 2.05. The molecule has 2 aromatic rings. The number of hydrogen-bond acceptors (Lipinski definition) is 1. The zero-order valence-corrected chi connectivity index (χ0v) is 11.6. The average molecular weight is 335 g/mol. The van der Waals surface area contributed by atoms with Crippen LogP contribution in [0.3, 0.4) is 0 Å². The van der Waals surface area contributed by atoms with Crippen molar-refractivity contribution in [2.24, 2.45) is 0 Å². The van der Waals surface area contributed by atoms with Gasteiger partial charge in [-0.3, -0.25) is 0 Å². The number of benzene rings is 2. The lowest BCUT2D eigenvalue weighted by Crippen LogP contribution is -1.90. The predicted molar refractivity (Wildman–Crippen MR) is 74.0 cm³/mol. The summed E-state index contributed by atoms with van der Waals surface area (Å²) in [6.07, 6.45) is 0. The van der Waals surface area contributed by atoms with Gasteiger partial charge in [0.2, 0.25) is 0 Å². The lowest BCUT2D eigenvalue weighted by Gasteiger charge is -2.08. The predicted octanol–water partition coefficient (Wildman–Crippen LogP) is 5.14. The molecule has 0 aromatic heterocycles. The van der Waals surface area contributed by atoms with E-state index in [0.29, 0.717) is 26.3 Å². The Morgan fingerprint density at radius 3 is 2.47 bits per heavy atom. The van der Waals surface area contributed by atoms with Crippen molar-refractivity contribution in [2.75, 3.05) is 5.73 Å². The van der Waals surface area contributed by atoms with Crippen LogP contribution in [0.1, 0.15) is 0 Å². The zero-order chi connectivity index (χ0) is 12.6. The van der Waals surface area contributed by atoms with Gasteiger partial charge in [-0.25, -0.2) is 4.39 Å². The van der Waals surface area contributed by atoms with Crippen LogP contribution in [-0.2, 0) is 0 Å². The van der Waals surface area contributed by atoms with Gasteiger partial charge in [0.25, 0.3) is 0 Å². The largest absolute Gasteiger partial charge is 0.398 e. The first kappa shape index (κ1) is 12.7. The van der Waals surface area contributed by atoms with Gasteiger partial charge >= 0.3 is 0 Å². The zero-order valence-electron chi connectivity index (χ0n) is 8.48. The van der Waals surface area contributed by atoms with Crippen LogP contribution in [0.4, 0.5) is 10.1 Å². The number of nitrogen functional groups attached to an aromatic ring is 1. The molecule has 0 radical (unpaired) electrons. The van der Waals surface area contributed by atoms with Gasteiger partial charge in [-0.1, -0.05) is 35.3 Å². The van der Waals surface area contributed by atoms with Crippen LogP contribution in [0.15, 0.2) is 34.8 Å². The van der Waals surface area contributed by atoms with Gasteiger partial charge in [0, 0.05) is 10.0 Å². The molecule has 0 aliphatic heterocycles. The SMILES string of the molecule is Nc1cc(-c2ccc(Br)c(Cl)c2F)ccc1Cl. The Hall–Kier alpha value is -0.770. The van der Waals surface area contributed by atoms with Crippen molar-refractivity contribution < 1.29 is 4.39 Å². The van der Waals surface area contributed by atoms with Gasteiger partial charge in [0.05, 0.1) is 15.7 Å². The third kappa shape index (κ3) is 2.41. The van der Waals surface area contributed by atoms with Crippen LogP contribution in [-0.4, -0.2) is 0 Å². The molecule has 0 saturated carbocycles. The van der Waals surface area contributed by atoms with Gasteiger partial charge in [0.15, 0.2) is 5.82 Å². The molecule has 2 aromatic carbocycles. The topological polar surface area (TPSA) is 26.0 Å². The van der Waals surface area contributed by atoms with Gasteiger partial charge < -0.3 is 5.73 Å². The molecule has 0 fully saturated rings. The summed E-state index contributed by atoms with van der Waals surface area (Å²) in [5, 5.41) is 0.494. The van der Waals surface area contributed by atoms with E-state index in [-0.39, 0.29) is 5.02 Å². The van der Waals surface area contributed by atoms with Crippen molar-refractivity contribution in [1.29, 1.82) is 0 Å². The van der Waals surface area contributed by atoms with E-state index in [4.69, 9.17) is 28.9 Å². The maximum Gasteiger partial charge on any atom is 0.150 e. The molecule has 5 heteroatoms. The summed E-state index contributed by atoms with van der Waals surface area (Å²) in [4.78, 5) is 0. The standard InChI is InChI=1S/C12H7BrCl2FN/c13-8-3-2-7(12(16)11(8)15)6-1-4-9(14)10(17)5-6/h1-5H,17H2. The molecule has 0 unspecified atom stereocenters. The highest BCUT2D eigenvalue weighted by Crippen LogP contribution is 2.34. The second kappa shape index (κ2) is 4.84. The van der Waals surface area contributed by atoms with Crippen molar-refractivity contribution in [3.63, 3.8) is 0 Å². The monoisotopic (exact) mass is 333 g/mol. The van der Waals surface area contributed by atoms with E-state index in [2.05, 4.69) is 15.9 Å². The third-order valence-electron chi connectivity index (χ3n) is 2.34. The lowest BCUT2D eigenvalue weighted by molar-refractivity contribution is 0.631. The van der Waals surface area contributed by atoms with Crippen LogP contribution < -0.4 is 5.73 Å². The van der Waals surface area contributed by atoms with Crippen molar-refractivity contribution in [1.82, 2.24) is 0 Å². The molecule has 0 aliphatic rings. The van der Waals surface area contributed by atoms with E-state index in [9.17, 15) is 4.39 Å². The van der Waals surface area contributed by atoms with Crippen molar-refractivity contribution in [3.05, 3.63) is 50.7 Å². The minimum Gasteiger partial charge on any atom is -0.398 e. The molecular formula is C12H7BrCl2FN. The van der Waals surface area contributed by atoms with E-state index >= 15 is 0 Å². The Bertz CT molecular complexity index is 587. The van der Waals surface area contributed by atoms with E-state index in [1.165, 1.54) is 0 Å². The molecule has 0 amide bonds. The summed E-state index contributed by atoms with van der Waals surface area (Å²) >= 11 is 14.8. The second-order valence-corrected chi connectivity index (χ2v) is 5.10. The van der Waals surface area contributed by atoms with Gasteiger partial charge in [-0.15, -0.1) is 0 Å². The van der Waals surface area contributed by atoms with Gasteiger partial charge in [0.1, 0.15) is 0 Å². The number of rotatable bonds is 1. The lowest BCUT2D eigenvalue weighted by atomic mass is 10.0. The summed E-state index contributed by atoms with van der Waals surface area (Å²) in [5.41, 5.74) is 7.11. The van der Waals surface area contributed by atoms with Crippen LogP contribution >= 0.6 is 39.1 Å². The normalized spacial score (nSPS) is 10.6. The smallest absolute Gasteiger partial charge is 0.150 e. The van der Waals surface area contributed by atoms with Gasteiger partial charge in [-0.05, 0) is 39.7 Å². The Kier molecular flexibility index (Phi) is 3.61. The Morgan fingerprint density at radius 2 is 1.82 bits per heavy atom. The van der Waals surface area contributed by atoms with Crippen molar-refractivity contribution >= 4 is 44.8 Å². The number of nitrogens with two attached hydrogens (primary N) is 1. The molecule has 17 heavy (non-hydrogen) atoms. The first-order valence-electron chi connectivity index (χ1n) is 4.69. The minimum atomic E-state index is -0.484. The molecule has 0 saturated heterocycles. The molecule has 88 valence electrons. The molecule has 0 bridgehead atoms. The Morgan fingerprint density at radius 1 is 1.12 bits per heavy atom. The molecule has 0 atom stereocenters. The van der Waals surface area contributed by atoms with Crippen LogP contribution in [0, 0.1) is 5.82 Å². The van der Waals surface area contributed by atoms with Gasteiger partial charge in [-0.2, -0.15) is 0 Å². The molecule has 0 heterocycles. The first-order chi connectivity index (χ1) is 8.00. The average Bonchev–Trinajstić information content (AvgIpc) is 2.30. The molecule has 0 spiro atoms. The van der Waals surface area contributed by atoms with E-state index in [0.717, 1.165) is 0 Å². The highest BCUT2D eigenvalue weighted by Gasteiger charge is 2.12. The molecule has 2 rings (SSSR count). The third-order valence-corrected chi connectivity index (χ3v) is 3.95. The summed E-state index contributed by atoms with van der Waals surface area (Å²) in [6.45, 7) is 0. The summed E-state index contributed by atoms with van der Waals surface area (Å²) < 4.78 is 14.5. The van der Waals surface area contributed by atoms with E-state index in [1.54, 1.807) is 30.3 Å². The molecule has 2 N–H and O–H groups in total. The highest BCUT2D eigenvalue weighted by molar-refractivity contribution is 9.10. The summed E-state index contributed by atoms with van der Waals surface area (Å²) in [6, 6.07) is 8.26. The Balaban J connectivity index is 2.61. The maximum absolute atomic E-state index is 13.9.